The van der Waals surface area contributed by atoms with E-state index in [0.717, 1.165) is 4.90 Å². The quantitative estimate of drug-likeness (QED) is 0.695. The van der Waals surface area contributed by atoms with Crippen LogP contribution in [-0.4, -0.2) is 41.0 Å². The summed E-state index contributed by atoms with van der Waals surface area (Å²) in [6, 6.07) is 0.743. The van der Waals surface area contributed by atoms with Gasteiger partial charge in [0.25, 0.3) is 5.92 Å². The van der Waals surface area contributed by atoms with Crippen LogP contribution < -0.4 is 0 Å². The van der Waals surface area contributed by atoms with Crippen LogP contribution in [0.5, 0.6) is 0 Å². The molecule has 78 valence electrons. The first-order valence-corrected chi connectivity index (χ1v) is 4.15. The lowest BCUT2D eigenvalue weighted by atomic mass is 10.2. The molecular weight excluding hydrogens is 194 g/mol. The molecule has 0 aromatic carbocycles. The predicted octanol–water partition coefficient (Wildman–Crippen LogP) is 0.129. The standard InChI is InChI=1S/C8H10F2N2O2/c9-8(10)3-6(4-13)12(5-8)7(14)1-2-11/h6,13H,1,3-5H2. The largest absolute Gasteiger partial charge is 0.394 e. The van der Waals surface area contributed by atoms with E-state index in [1.165, 1.54) is 0 Å². The summed E-state index contributed by atoms with van der Waals surface area (Å²) >= 11 is 0. The molecule has 1 amide bonds. The Morgan fingerprint density at radius 3 is 2.86 bits per heavy atom. The number of nitrogens with zero attached hydrogens (tertiary/aromatic N) is 2. The van der Waals surface area contributed by atoms with Crippen LogP contribution in [0.1, 0.15) is 12.8 Å². The third kappa shape index (κ3) is 2.17. The van der Waals surface area contributed by atoms with Crippen molar-refractivity contribution in [2.24, 2.45) is 0 Å². The van der Waals surface area contributed by atoms with Gasteiger partial charge in [-0.15, -0.1) is 0 Å². The van der Waals surface area contributed by atoms with Crippen molar-refractivity contribution >= 4 is 5.91 Å². The molecule has 0 aliphatic carbocycles. The summed E-state index contributed by atoms with van der Waals surface area (Å²) in [4.78, 5) is 12.0. The van der Waals surface area contributed by atoms with Gasteiger partial charge in [0.05, 0.1) is 25.3 Å². The Balaban J connectivity index is 2.69. The normalized spacial score (nSPS) is 24.7. The molecule has 6 heteroatoms. The Hall–Kier alpha value is -1.22. The summed E-state index contributed by atoms with van der Waals surface area (Å²) < 4.78 is 25.7. The van der Waals surface area contributed by atoms with Crippen molar-refractivity contribution in [1.82, 2.24) is 4.90 Å². The fourth-order valence-electron chi connectivity index (χ4n) is 1.52. The first-order chi connectivity index (χ1) is 6.50. The van der Waals surface area contributed by atoms with E-state index in [9.17, 15) is 13.6 Å². The second kappa shape index (κ2) is 3.88. The fraction of sp³-hybridized carbons (Fsp3) is 0.750. The van der Waals surface area contributed by atoms with Crippen LogP contribution >= 0.6 is 0 Å². The Morgan fingerprint density at radius 2 is 2.36 bits per heavy atom. The zero-order chi connectivity index (χ0) is 10.8. The third-order valence-electron chi connectivity index (χ3n) is 2.14. The van der Waals surface area contributed by atoms with E-state index < -0.39 is 43.9 Å². The molecule has 0 spiro atoms. The molecule has 1 aliphatic heterocycles. The van der Waals surface area contributed by atoms with E-state index in [1.807, 2.05) is 0 Å². The Kier molecular flexibility index (Phi) is 3.01. The molecule has 1 fully saturated rings. The molecule has 1 saturated heterocycles. The topological polar surface area (TPSA) is 64.3 Å². The summed E-state index contributed by atoms with van der Waals surface area (Å²) in [6.07, 6.45) is -0.951. The lowest BCUT2D eigenvalue weighted by Gasteiger charge is -2.20. The monoisotopic (exact) mass is 204 g/mol. The van der Waals surface area contributed by atoms with Gasteiger partial charge in [-0.05, 0) is 0 Å². The van der Waals surface area contributed by atoms with Crippen molar-refractivity contribution in [3.05, 3.63) is 0 Å². The number of nitriles is 1. The summed E-state index contributed by atoms with van der Waals surface area (Å²) in [7, 11) is 0. The van der Waals surface area contributed by atoms with Gasteiger partial charge in [0.15, 0.2) is 0 Å². The van der Waals surface area contributed by atoms with Gasteiger partial charge in [0.1, 0.15) is 6.42 Å². The fourth-order valence-corrected chi connectivity index (χ4v) is 1.52. The lowest BCUT2D eigenvalue weighted by Crippen LogP contribution is -2.38. The molecule has 0 radical (unpaired) electrons. The van der Waals surface area contributed by atoms with Crippen LogP contribution in [0.2, 0.25) is 0 Å². The van der Waals surface area contributed by atoms with Gasteiger partial charge in [-0.3, -0.25) is 4.79 Å². The second-order valence-corrected chi connectivity index (χ2v) is 3.25. The molecule has 4 nitrogen and oxygen atoms in total. The molecule has 1 heterocycles. The molecule has 0 aromatic rings. The van der Waals surface area contributed by atoms with E-state index in [0.29, 0.717) is 0 Å². The van der Waals surface area contributed by atoms with Gasteiger partial charge >= 0.3 is 0 Å². The zero-order valence-corrected chi connectivity index (χ0v) is 7.41. The van der Waals surface area contributed by atoms with Gasteiger partial charge in [-0.25, -0.2) is 8.78 Å². The number of carbonyl (C=O) groups excluding carboxylic acids is 1. The number of hydrogen-bond donors (Lipinski definition) is 1. The van der Waals surface area contributed by atoms with Gasteiger partial charge in [0, 0.05) is 6.42 Å². The van der Waals surface area contributed by atoms with Gasteiger partial charge in [-0.2, -0.15) is 5.26 Å². The lowest BCUT2D eigenvalue weighted by molar-refractivity contribution is -0.132. The summed E-state index contributed by atoms with van der Waals surface area (Å²) in [5, 5.41) is 17.0. The molecule has 1 aliphatic rings. The molecule has 0 aromatic heterocycles. The number of carbonyl (C=O) groups is 1. The maximum Gasteiger partial charge on any atom is 0.267 e. The summed E-state index contributed by atoms with van der Waals surface area (Å²) in [6.45, 7) is -1.19. The number of halogens is 2. The minimum absolute atomic E-state index is 0.424. The maximum absolute atomic E-state index is 12.8. The maximum atomic E-state index is 12.8. The van der Waals surface area contributed by atoms with Crippen molar-refractivity contribution in [2.75, 3.05) is 13.2 Å². The average molecular weight is 204 g/mol. The predicted molar refractivity (Wildman–Crippen MR) is 42.4 cm³/mol. The number of hydrogen-bond acceptors (Lipinski definition) is 3. The zero-order valence-electron chi connectivity index (χ0n) is 7.41. The van der Waals surface area contributed by atoms with E-state index in [-0.39, 0.29) is 0 Å². The Morgan fingerprint density at radius 1 is 1.71 bits per heavy atom. The molecule has 1 rings (SSSR count). The highest BCUT2D eigenvalue weighted by atomic mass is 19.3. The van der Waals surface area contributed by atoms with Crippen LogP contribution in [0.4, 0.5) is 8.78 Å². The van der Waals surface area contributed by atoms with E-state index in [1.54, 1.807) is 6.07 Å². The van der Waals surface area contributed by atoms with Gasteiger partial charge in [-0.1, -0.05) is 0 Å². The number of alkyl halides is 2. The van der Waals surface area contributed by atoms with Crippen molar-refractivity contribution in [3.63, 3.8) is 0 Å². The molecular formula is C8H10F2N2O2. The number of likely N-dealkylation sites (tertiary alicyclic amines) is 1. The number of aliphatic hydroxyl groups excluding tert-OH is 1. The first-order valence-electron chi connectivity index (χ1n) is 4.15. The van der Waals surface area contributed by atoms with Crippen molar-refractivity contribution in [2.45, 2.75) is 24.8 Å². The first kappa shape index (κ1) is 10.9. The Labute approximate surface area is 79.7 Å². The minimum atomic E-state index is -2.95. The summed E-state index contributed by atoms with van der Waals surface area (Å²) in [5.41, 5.74) is 0. The molecule has 1 atom stereocenters. The number of rotatable bonds is 2. The van der Waals surface area contributed by atoms with E-state index in [2.05, 4.69) is 0 Å². The second-order valence-electron chi connectivity index (χ2n) is 3.25. The molecule has 1 N–H and O–H groups in total. The molecule has 0 saturated carbocycles. The molecule has 1 unspecified atom stereocenters. The number of aliphatic hydroxyl groups is 1. The molecule has 14 heavy (non-hydrogen) atoms. The van der Waals surface area contributed by atoms with E-state index >= 15 is 0 Å². The highest BCUT2D eigenvalue weighted by Gasteiger charge is 2.46. The third-order valence-corrected chi connectivity index (χ3v) is 2.14. The van der Waals surface area contributed by atoms with Gasteiger partial charge in [0.2, 0.25) is 5.91 Å². The van der Waals surface area contributed by atoms with Crippen LogP contribution in [0, 0.1) is 11.3 Å². The molecule has 0 bridgehead atoms. The van der Waals surface area contributed by atoms with Crippen LogP contribution in [0.25, 0.3) is 0 Å². The van der Waals surface area contributed by atoms with Gasteiger partial charge < -0.3 is 10.0 Å². The Bertz CT molecular complexity index is 275. The van der Waals surface area contributed by atoms with Crippen molar-refractivity contribution in [3.8, 4) is 6.07 Å². The highest BCUT2D eigenvalue weighted by molar-refractivity contribution is 5.79. The van der Waals surface area contributed by atoms with Crippen LogP contribution in [0.15, 0.2) is 0 Å². The van der Waals surface area contributed by atoms with E-state index in [4.69, 9.17) is 10.4 Å². The summed E-state index contributed by atoms with van der Waals surface area (Å²) in [5.74, 6) is -3.60. The average Bonchev–Trinajstić information content (AvgIpc) is 2.41. The van der Waals surface area contributed by atoms with Crippen LogP contribution in [-0.2, 0) is 4.79 Å². The smallest absolute Gasteiger partial charge is 0.267 e. The van der Waals surface area contributed by atoms with Crippen LogP contribution in [0.3, 0.4) is 0 Å². The van der Waals surface area contributed by atoms with Crippen molar-refractivity contribution in [1.29, 1.82) is 5.26 Å². The highest BCUT2D eigenvalue weighted by Crippen LogP contribution is 2.31. The number of amides is 1. The SMILES string of the molecule is N#CCC(=O)N1CC(F)(F)CC1CO. The minimum Gasteiger partial charge on any atom is -0.394 e. The van der Waals surface area contributed by atoms with Crippen molar-refractivity contribution < 1.29 is 18.7 Å².